The lowest BCUT2D eigenvalue weighted by Gasteiger charge is -2.08. The van der Waals surface area contributed by atoms with Crippen LogP contribution in [0.2, 0.25) is 0 Å². The van der Waals surface area contributed by atoms with Gasteiger partial charge in [0.15, 0.2) is 0 Å². The van der Waals surface area contributed by atoms with E-state index in [1.54, 1.807) is 18.3 Å². The van der Waals surface area contributed by atoms with E-state index in [4.69, 9.17) is 5.73 Å². The maximum absolute atomic E-state index is 11.3. The summed E-state index contributed by atoms with van der Waals surface area (Å²) in [6, 6.07) is 3.05. The zero-order chi connectivity index (χ0) is 10.6. The average Bonchev–Trinajstić information content (AvgIpc) is 2.20. The molecule has 0 spiro atoms. The fourth-order valence-corrected chi connectivity index (χ4v) is 1.09. The Hall–Kier alpha value is -0.940. The first-order valence-corrected chi connectivity index (χ1v) is 5.10. The van der Waals surface area contributed by atoms with E-state index in [0.717, 1.165) is 4.47 Å². The second-order valence-electron chi connectivity index (χ2n) is 2.87. The molecule has 1 aromatic rings. The Balaban J connectivity index is 2.60. The molecule has 3 N–H and O–H groups in total. The SMILES string of the molecule is CCC(N)C(=O)Nc1ccc(Br)cn1. The molecule has 1 heterocycles. The van der Waals surface area contributed by atoms with Crippen LogP contribution in [0.1, 0.15) is 13.3 Å². The van der Waals surface area contributed by atoms with Crippen LogP contribution >= 0.6 is 15.9 Å². The number of halogens is 1. The number of aromatic nitrogens is 1. The van der Waals surface area contributed by atoms with Crippen LogP contribution < -0.4 is 11.1 Å². The first kappa shape index (κ1) is 11.1. The van der Waals surface area contributed by atoms with Gasteiger partial charge < -0.3 is 11.1 Å². The lowest BCUT2D eigenvalue weighted by molar-refractivity contribution is -0.117. The summed E-state index contributed by atoms with van der Waals surface area (Å²) in [5.74, 6) is 0.310. The third-order valence-electron chi connectivity index (χ3n) is 1.76. The smallest absolute Gasteiger partial charge is 0.242 e. The quantitative estimate of drug-likeness (QED) is 0.863. The molecule has 0 saturated heterocycles. The molecule has 0 aliphatic carbocycles. The van der Waals surface area contributed by atoms with Gasteiger partial charge in [-0.2, -0.15) is 0 Å². The van der Waals surface area contributed by atoms with Gasteiger partial charge in [-0.15, -0.1) is 0 Å². The molecule has 1 amide bonds. The van der Waals surface area contributed by atoms with Gasteiger partial charge in [-0.1, -0.05) is 6.92 Å². The highest BCUT2D eigenvalue weighted by Gasteiger charge is 2.10. The van der Waals surface area contributed by atoms with Crippen molar-refractivity contribution in [1.29, 1.82) is 0 Å². The Bertz CT molecular complexity index is 312. The molecule has 0 aromatic carbocycles. The summed E-state index contributed by atoms with van der Waals surface area (Å²) < 4.78 is 0.871. The third kappa shape index (κ3) is 3.08. The molecule has 0 aliphatic heterocycles. The minimum absolute atomic E-state index is 0.206. The third-order valence-corrected chi connectivity index (χ3v) is 2.22. The zero-order valence-electron chi connectivity index (χ0n) is 7.83. The van der Waals surface area contributed by atoms with Crippen LogP contribution in [-0.4, -0.2) is 16.9 Å². The Morgan fingerprint density at radius 3 is 2.93 bits per heavy atom. The van der Waals surface area contributed by atoms with Crippen LogP contribution in [0.4, 0.5) is 5.82 Å². The normalized spacial score (nSPS) is 12.2. The van der Waals surface area contributed by atoms with Crippen molar-refractivity contribution in [2.45, 2.75) is 19.4 Å². The topological polar surface area (TPSA) is 68.0 Å². The fraction of sp³-hybridized carbons (Fsp3) is 0.333. The molecule has 0 bridgehead atoms. The van der Waals surface area contributed by atoms with E-state index in [2.05, 4.69) is 26.2 Å². The fourth-order valence-electron chi connectivity index (χ4n) is 0.854. The van der Waals surface area contributed by atoms with Crippen LogP contribution in [0.15, 0.2) is 22.8 Å². The van der Waals surface area contributed by atoms with Crippen molar-refractivity contribution in [2.24, 2.45) is 5.73 Å². The van der Waals surface area contributed by atoms with E-state index < -0.39 is 6.04 Å². The molecular formula is C9H12BrN3O. The standard InChI is InChI=1S/C9H12BrN3O/c1-2-7(11)9(14)13-8-4-3-6(10)5-12-8/h3-5,7H,2,11H2,1H3,(H,12,13,14). The Morgan fingerprint density at radius 2 is 2.43 bits per heavy atom. The second-order valence-corrected chi connectivity index (χ2v) is 3.78. The minimum atomic E-state index is -0.472. The molecule has 76 valence electrons. The monoisotopic (exact) mass is 257 g/mol. The van der Waals surface area contributed by atoms with Crippen molar-refractivity contribution in [1.82, 2.24) is 4.98 Å². The average molecular weight is 258 g/mol. The zero-order valence-corrected chi connectivity index (χ0v) is 9.41. The highest BCUT2D eigenvalue weighted by molar-refractivity contribution is 9.10. The molecule has 0 fully saturated rings. The highest BCUT2D eigenvalue weighted by Crippen LogP contribution is 2.10. The van der Waals surface area contributed by atoms with E-state index in [9.17, 15) is 4.79 Å². The maximum atomic E-state index is 11.3. The number of amides is 1. The van der Waals surface area contributed by atoms with Gasteiger partial charge in [-0.05, 0) is 34.5 Å². The summed E-state index contributed by atoms with van der Waals surface area (Å²) in [4.78, 5) is 15.3. The Labute approximate surface area is 91.0 Å². The van der Waals surface area contributed by atoms with Crippen molar-refractivity contribution >= 4 is 27.7 Å². The molecule has 0 radical (unpaired) electrons. The number of rotatable bonds is 3. The summed E-state index contributed by atoms with van der Waals surface area (Å²) in [5, 5.41) is 2.62. The molecule has 1 atom stereocenters. The number of nitrogens with zero attached hydrogens (tertiary/aromatic N) is 1. The second kappa shape index (κ2) is 5.07. The van der Waals surface area contributed by atoms with Gasteiger partial charge in [-0.3, -0.25) is 4.79 Å². The lowest BCUT2D eigenvalue weighted by atomic mass is 10.2. The van der Waals surface area contributed by atoms with E-state index in [0.29, 0.717) is 12.2 Å². The van der Waals surface area contributed by atoms with Crippen LogP contribution in [0.25, 0.3) is 0 Å². The van der Waals surface area contributed by atoms with Crippen LogP contribution in [-0.2, 0) is 4.79 Å². The molecule has 1 unspecified atom stereocenters. The summed E-state index contributed by atoms with van der Waals surface area (Å²) in [6.45, 7) is 1.86. The van der Waals surface area contributed by atoms with Crippen LogP contribution in [0.5, 0.6) is 0 Å². The summed E-state index contributed by atoms with van der Waals surface area (Å²) in [7, 11) is 0. The largest absolute Gasteiger partial charge is 0.320 e. The van der Waals surface area contributed by atoms with Gasteiger partial charge in [0.2, 0.25) is 5.91 Å². The van der Waals surface area contributed by atoms with Crippen molar-refractivity contribution in [3.63, 3.8) is 0 Å². The van der Waals surface area contributed by atoms with Gasteiger partial charge in [0.05, 0.1) is 6.04 Å². The molecule has 4 nitrogen and oxygen atoms in total. The van der Waals surface area contributed by atoms with E-state index in [1.165, 1.54) is 0 Å². The number of carbonyl (C=O) groups excluding carboxylic acids is 1. The highest BCUT2D eigenvalue weighted by atomic mass is 79.9. The number of carbonyl (C=O) groups is 1. The minimum Gasteiger partial charge on any atom is -0.320 e. The summed E-state index contributed by atoms with van der Waals surface area (Å²) >= 11 is 3.25. The number of pyridine rings is 1. The van der Waals surface area contributed by atoms with E-state index in [-0.39, 0.29) is 5.91 Å². The van der Waals surface area contributed by atoms with Gasteiger partial charge in [0.1, 0.15) is 5.82 Å². The van der Waals surface area contributed by atoms with Gasteiger partial charge in [-0.25, -0.2) is 4.98 Å². The predicted molar refractivity (Wildman–Crippen MR) is 58.8 cm³/mol. The van der Waals surface area contributed by atoms with Crippen molar-refractivity contribution < 1.29 is 4.79 Å². The van der Waals surface area contributed by atoms with E-state index in [1.807, 2.05) is 6.92 Å². The number of hydrogen-bond donors (Lipinski definition) is 2. The molecule has 1 aromatic heterocycles. The summed E-state index contributed by atoms with van der Waals surface area (Å²) in [6.07, 6.45) is 2.23. The van der Waals surface area contributed by atoms with E-state index >= 15 is 0 Å². The molecule has 1 rings (SSSR count). The number of hydrogen-bond acceptors (Lipinski definition) is 3. The Kier molecular flexibility index (Phi) is 4.03. The predicted octanol–water partition coefficient (Wildman–Crippen LogP) is 1.52. The van der Waals surface area contributed by atoms with Gasteiger partial charge >= 0.3 is 0 Å². The maximum Gasteiger partial charge on any atom is 0.242 e. The molecule has 0 aliphatic rings. The number of anilines is 1. The molecule has 5 heteroatoms. The van der Waals surface area contributed by atoms with Crippen LogP contribution in [0, 0.1) is 0 Å². The van der Waals surface area contributed by atoms with Crippen molar-refractivity contribution in [3.8, 4) is 0 Å². The van der Waals surface area contributed by atoms with Crippen molar-refractivity contribution in [3.05, 3.63) is 22.8 Å². The van der Waals surface area contributed by atoms with Crippen LogP contribution in [0.3, 0.4) is 0 Å². The molecular weight excluding hydrogens is 246 g/mol. The number of nitrogens with two attached hydrogens (primary N) is 1. The first-order chi connectivity index (χ1) is 6.63. The summed E-state index contributed by atoms with van der Waals surface area (Å²) in [5.41, 5.74) is 5.55. The van der Waals surface area contributed by atoms with Gasteiger partial charge in [0.25, 0.3) is 0 Å². The molecule has 0 saturated carbocycles. The molecule has 14 heavy (non-hydrogen) atoms. The van der Waals surface area contributed by atoms with Gasteiger partial charge in [0, 0.05) is 10.7 Å². The number of nitrogens with one attached hydrogen (secondary N) is 1. The first-order valence-electron chi connectivity index (χ1n) is 4.31. The van der Waals surface area contributed by atoms with Crippen molar-refractivity contribution in [2.75, 3.05) is 5.32 Å². The Morgan fingerprint density at radius 1 is 1.71 bits per heavy atom. The lowest BCUT2D eigenvalue weighted by Crippen LogP contribution is -2.35.